The third kappa shape index (κ3) is 2.20. The smallest absolute Gasteiger partial charge is 0.248 e. The van der Waals surface area contributed by atoms with Gasteiger partial charge in [-0.05, 0) is 31.2 Å². The zero-order valence-corrected chi connectivity index (χ0v) is 11.1. The molecule has 0 spiro atoms. The normalized spacial score (nSPS) is 10.8. The second kappa shape index (κ2) is 4.44. The minimum absolute atomic E-state index is 0.450. The van der Waals surface area contributed by atoms with Gasteiger partial charge in [-0.1, -0.05) is 6.07 Å². The number of fused-ring (bicyclic) bond motifs is 1. The number of benzene rings is 1. The van der Waals surface area contributed by atoms with Crippen molar-refractivity contribution < 1.29 is 4.79 Å². The summed E-state index contributed by atoms with van der Waals surface area (Å²) in [4.78, 5) is 19.9. The van der Waals surface area contributed by atoms with E-state index >= 15 is 0 Å². The van der Waals surface area contributed by atoms with E-state index in [0.717, 1.165) is 26.5 Å². The van der Waals surface area contributed by atoms with Gasteiger partial charge in [-0.25, -0.2) is 4.98 Å². The summed E-state index contributed by atoms with van der Waals surface area (Å²) in [5.41, 5.74) is 8.34. The van der Waals surface area contributed by atoms with Crippen molar-refractivity contribution in [3.63, 3.8) is 0 Å². The lowest BCUT2D eigenvalue weighted by atomic mass is 10.1. The summed E-state index contributed by atoms with van der Waals surface area (Å²) in [6, 6.07) is 9.28. The van der Waals surface area contributed by atoms with Crippen LogP contribution in [0.5, 0.6) is 0 Å². The number of nitrogens with two attached hydrogens (primary N) is 1. The van der Waals surface area contributed by atoms with Crippen LogP contribution in [0.25, 0.3) is 21.5 Å². The Morgan fingerprint density at radius 2 is 2.11 bits per heavy atom. The van der Waals surface area contributed by atoms with Crippen molar-refractivity contribution in [1.82, 2.24) is 9.97 Å². The van der Waals surface area contributed by atoms with E-state index in [2.05, 4.69) is 9.97 Å². The van der Waals surface area contributed by atoms with Crippen molar-refractivity contribution >= 4 is 27.5 Å². The summed E-state index contributed by atoms with van der Waals surface area (Å²) in [6.45, 7) is 1.98. The number of pyridine rings is 1. The maximum absolute atomic E-state index is 11.2. The molecular formula is C14H11N3OS. The maximum atomic E-state index is 11.2. The highest BCUT2D eigenvalue weighted by Crippen LogP contribution is 2.26. The molecule has 0 fully saturated rings. The second-order valence-electron chi connectivity index (χ2n) is 4.21. The van der Waals surface area contributed by atoms with Crippen LogP contribution in [0.2, 0.25) is 0 Å². The van der Waals surface area contributed by atoms with Gasteiger partial charge in [0.25, 0.3) is 0 Å². The number of hydrogen-bond acceptors (Lipinski definition) is 4. The Hall–Kier alpha value is -2.27. The third-order valence-electron chi connectivity index (χ3n) is 2.83. The molecule has 1 amide bonds. The van der Waals surface area contributed by atoms with Crippen molar-refractivity contribution in [2.24, 2.45) is 5.73 Å². The van der Waals surface area contributed by atoms with E-state index in [4.69, 9.17) is 5.73 Å². The number of primary amides is 1. The zero-order chi connectivity index (χ0) is 13.4. The van der Waals surface area contributed by atoms with Crippen LogP contribution in [0, 0.1) is 6.92 Å². The number of amides is 1. The van der Waals surface area contributed by atoms with Crippen LogP contribution in [-0.2, 0) is 0 Å². The summed E-state index contributed by atoms with van der Waals surface area (Å²) in [5.74, 6) is -0.450. The predicted molar refractivity (Wildman–Crippen MR) is 76.1 cm³/mol. The average molecular weight is 269 g/mol. The summed E-state index contributed by atoms with van der Waals surface area (Å²) >= 11 is 1.66. The fourth-order valence-electron chi connectivity index (χ4n) is 1.94. The number of aromatic nitrogens is 2. The molecule has 0 unspecified atom stereocenters. The first-order valence-electron chi connectivity index (χ1n) is 5.77. The summed E-state index contributed by atoms with van der Waals surface area (Å²) in [7, 11) is 0. The van der Waals surface area contributed by atoms with Gasteiger partial charge in [-0.2, -0.15) is 0 Å². The Balaban J connectivity index is 2.12. The topological polar surface area (TPSA) is 68.9 Å². The molecule has 1 aromatic carbocycles. The molecule has 19 heavy (non-hydrogen) atoms. The van der Waals surface area contributed by atoms with Crippen LogP contribution in [-0.4, -0.2) is 15.9 Å². The van der Waals surface area contributed by atoms with Gasteiger partial charge in [0.2, 0.25) is 5.91 Å². The van der Waals surface area contributed by atoms with Crippen LogP contribution < -0.4 is 5.73 Å². The quantitative estimate of drug-likeness (QED) is 0.777. The summed E-state index contributed by atoms with van der Waals surface area (Å²) in [5, 5.41) is 1.03. The fourth-order valence-corrected chi connectivity index (χ4v) is 2.75. The molecule has 5 heteroatoms. The van der Waals surface area contributed by atoms with Gasteiger partial charge in [0, 0.05) is 17.3 Å². The molecule has 0 aliphatic rings. The van der Waals surface area contributed by atoms with Crippen molar-refractivity contribution in [3.05, 3.63) is 47.1 Å². The minimum atomic E-state index is -0.450. The molecule has 94 valence electrons. The predicted octanol–water partition coefficient (Wildman–Crippen LogP) is 2.77. The van der Waals surface area contributed by atoms with E-state index in [9.17, 15) is 4.79 Å². The first-order valence-corrected chi connectivity index (χ1v) is 6.58. The van der Waals surface area contributed by atoms with E-state index < -0.39 is 5.91 Å². The number of rotatable bonds is 2. The standard InChI is InChI=1S/C14H11N3OS/c1-8-17-12-6-9(2-3-13(12)19-8)11-7-10(14(15)18)4-5-16-11/h2-7H,1H3,(H2,15,18). The Morgan fingerprint density at radius 1 is 1.26 bits per heavy atom. The lowest BCUT2D eigenvalue weighted by Crippen LogP contribution is -2.10. The number of thiazole rings is 1. The molecule has 0 saturated carbocycles. The Labute approximate surface area is 113 Å². The van der Waals surface area contributed by atoms with E-state index in [1.807, 2.05) is 25.1 Å². The molecule has 0 radical (unpaired) electrons. The molecule has 0 bridgehead atoms. The molecule has 0 atom stereocenters. The lowest BCUT2D eigenvalue weighted by molar-refractivity contribution is 0.1000. The van der Waals surface area contributed by atoms with E-state index in [1.165, 1.54) is 0 Å². The first kappa shape index (κ1) is 11.8. The highest BCUT2D eigenvalue weighted by atomic mass is 32.1. The van der Waals surface area contributed by atoms with Crippen molar-refractivity contribution in [2.45, 2.75) is 6.92 Å². The van der Waals surface area contributed by atoms with Gasteiger partial charge in [0.15, 0.2) is 0 Å². The fraction of sp³-hybridized carbons (Fsp3) is 0.0714. The Morgan fingerprint density at radius 3 is 2.89 bits per heavy atom. The highest BCUT2D eigenvalue weighted by Gasteiger charge is 2.07. The van der Waals surface area contributed by atoms with Gasteiger partial charge in [0.05, 0.1) is 20.9 Å². The van der Waals surface area contributed by atoms with Gasteiger partial charge in [-0.3, -0.25) is 9.78 Å². The molecular weight excluding hydrogens is 258 g/mol. The zero-order valence-electron chi connectivity index (χ0n) is 10.3. The van der Waals surface area contributed by atoms with Crippen LogP contribution in [0.15, 0.2) is 36.5 Å². The number of carbonyl (C=O) groups excluding carboxylic acids is 1. The molecule has 3 rings (SSSR count). The van der Waals surface area contributed by atoms with Gasteiger partial charge >= 0.3 is 0 Å². The molecule has 4 nitrogen and oxygen atoms in total. The van der Waals surface area contributed by atoms with E-state index in [-0.39, 0.29) is 0 Å². The van der Waals surface area contributed by atoms with Gasteiger partial charge < -0.3 is 5.73 Å². The number of carbonyl (C=O) groups is 1. The van der Waals surface area contributed by atoms with E-state index in [0.29, 0.717) is 5.56 Å². The van der Waals surface area contributed by atoms with Crippen LogP contribution >= 0.6 is 11.3 Å². The van der Waals surface area contributed by atoms with Crippen molar-refractivity contribution in [3.8, 4) is 11.3 Å². The molecule has 2 heterocycles. The molecule has 3 aromatic rings. The second-order valence-corrected chi connectivity index (χ2v) is 5.44. The summed E-state index contributed by atoms with van der Waals surface area (Å²) in [6.07, 6.45) is 1.59. The molecule has 2 N–H and O–H groups in total. The van der Waals surface area contributed by atoms with Gasteiger partial charge in [0.1, 0.15) is 0 Å². The number of aryl methyl sites for hydroxylation is 1. The average Bonchev–Trinajstić information content (AvgIpc) is 2.77. The van der Waals surface area contributed by atoms with Gasteiger partial charge in [-0.15, -0.1) is 11.3 Å². The largest absolute Gasteiger partial charge is 0.366 e. The third-order valence-corrected chi connectivity index (χ3v) is 3.79. The summed E-state index contributed by atoms with van der Waals surface area (Å²) < 4.78 is 1.15. The Bertz CT molecular complexity index is 779. The van der Waals surface area contributed by atoms with Crippen molar-refractivity contribution in [2.75, 3.05) is 0 Å². The number of nitrogens with zero attached hydrogens (tertiary/aromatic N) is 2. The number of hydrogen-bond donors (Lipinski definition) is 1. The van der Waals surface area contributed by atoms with Crippen LogP contribution in [0.4, 0.5) is 0 Å². The monoisotopic (exact) mass is 269 g/mol. The lowest BCUT2D eigenvalue weighted by Gasteiger charge is -2.02. The van der Waals surface area contributed by atoms with Crippen molar-refractivity contribution in [1.29, 1.82) is 0 Å². The van der Waals surface area contributed by atoms with Crippen LogP contribution in [0.3, 0.4) is 0 Å². The molecule has 0 aliphatic carbocycles. The van der Waals surface area contributed by atoms with E-state index in [1.54, 1.807) is 29.7 Å². The highest BCUT2D eigenvalue weighted by molar-refractivity contribution is 7.18. The molecule has 0 saturated heterocycles. The van der Waals surface area contributed by atoms with Crippen LogP contribution in [0.1, 0.15) is 15.4 Å². The molecule has 0 aliphatic heterocycles. The minimum Gasteiger partial charge on any atom is -0.366 e. The maximum Gasteiger partial charge on any atom is 0.248 e. The Kier molecular flexibility index (Phi) is 2.76. The SMILES string of the molecule is Cc1nc2cc(-c3cc(C(N)=O)ccn3)ccc2s1. The first-order chi connectivity index (χ1) is 9.13. The molecule has 2 aromatic heterocycles.